The number of hydrogen-bond donors (Lipinski definition) is 1. The summed E-state index contributed by atoms with van der Waals surface area (Å²) in [5.41, 5.74) is 1.83. The smallest absolute Gasteiger partial charge is 0.261 e. The molecular formula is C24H30Cl2N2O3. The predicted octanol–water partition coefficient (Wildman–Crippen LogP) is 5.40. The number of amides is 2. The van der Waals surface area contributed by atoms with Crippen molar-refractivity contribution in [1.29, 1.82) is 0 Å². The quantitative estimate of drug-likeness (QED) is 0.452. The van der Waals surface area contributed by atoms with Gasteiger partial charge in [-0.3, -0.25) is 9.59 Å². The summed E-state index contributed by atoms with van der Waals surface area (Å²) in [5, 5.41) is 3.78. The second-order valence-corrected chi connectivity index (χ2v) is 8.26. The van der Waals surface area contributed by atoms with Crippen LogP contribution in [0, 0.1) is 6.92 Å². The van der Waals surface area contributed by atoms with Crippen molar-refractivity contribution in [2.45, 2.75) is 52.6 Å². The van der Waals surface area contributed by atoms with Crippen molar-refractivity contribution < 1.29 is 14.3 Å². The minimum absolute atomic E-state index is 0.163. The largest absolute Gasteiger partial charge is 0.484 e. The Morgan fingerprint density at radius 3 is 2.52 bits per heavy atom. The number of nitrogens with zero attached hydrogens (tertiary/aromatic N) is 1. The number of ether oxygens (including phenoxy) is 1. The minimum atomic E-state index is -0.611. The second kappa shape index (κ2) is 12.6. The summed E-state index contributed by atoms with van der Waals surface area (Å²) in [6.07, 6.45) is 2.35. The number of unbranched alkanes of at least 4 members (excludes halogenated alkanes) is 1. The Bertz CT molecular complexity index is 889. The standard InChI is InChI=1S/C24H30Cl2N2O3/c1-4-6-12-27-24(30)22(5-2)28(15-18-10-11-20(25)21(26)14-18)23(29)16-31-19-9-7-8-17(3)13-19/h7-11,13-14,22H,4-6,12,15-16H2,1-3H3,(H,27,30)/t22-/m0/s1. The summed E-state index contributed by atoms with van der Waals surface area (Å²) in [6, 6.07) is 12.1. The van der Waals surface area contributed by atoms with E-state index in [2.05, 4.69) is 12.2 Å². The third-order valence-corrected chi connectivity index (χ3v) is 5.64. The fraction of sp³-hybridized carbons (Fsp3) is 0.417. The van der Waals surface area contributed by atoms with Gasteiger partial charge in [0, 0.05) is 13.1 Å². The lowest BCUT2D eigenvalue weighted by Gasteiger charge is -2.30. The number of rotatable bonds is 11. The van der Waals surface area contributed by atoms with Gasteiger partial charge in [-0.25, -0.2) is 0 Å². The van der Waals surface area contributed by atoms with Crippen molar-refractivity contribution in [3.63, 3.8) is 0 Å². The van der Waals surface area contributed by atoms with Crippen LogP contribution in [-0.2, 0) is 16.1 Å². The van der Waals surface area contributed by atoms with E-state index in [4.69, 9.17) is 27.9 Å². The third kappa shape index (κ3) is 7.75. The fourth-order valence-electron chi connectivity index (χ4n) is 3.19. The molecule has 2 rings (SSSR count). The molecule has 2 aromatic rings. The van der Waals surface area contributed by atoms with Gasteiger partial charge in [0.1, 0.15) is 11.8 Å². The van der Waals surface area contributed by atoms with Gasteiger partial charge >= 0.3 is 0 Å². The minimum Gasteiger partial charge on any atom is -0.484 e. The average molecular weight is 465 g/mol. The molecule has 7 heteroatoms. The Morgan fingerprint density at radius 1 is 1.10 bits per heavy atom. The molecule has 0 aliphatic heterocycles. The number of aryl methyl sites for hydroxylation is 1. The summed E-state index contributed by atoms with van der Waals surface area (Å²) >= 11 is 12.2. The van der Waals surface area contributed by atoms with Crippen LogP contribution in [0.4, 0.5) is 0 Å². The highest BCUT2D eigenvalue weighted by Gasteiger charge is 2.29. The molecule has 0 aromatic heterocycles. The van der Waals surface area contributed by atoms with Crippen molar-refractivity contribution in [1.82, 2.24) is 10.2 Å². The SMILES string of the molecule is CCCCNC(=O)[C@H](CC)N(Cc1ccc(Cl)c(Cl)c1)C(=O)COc1cccc(C)c1. The molecule has 0 bridgehead atoms. The second-order valence-electron chi connectivity index (χ2n) is 7.44. The van der Waals surface area contributed by atoms with E-state index in [0.29, 0.717) is 28.8 Å². The highest BCUT2D eigenvalue weighted by molar-refractivity contribution is 6.42. The molecule has 0 heterocycles. The number of hydrogen-bond acceptors (Lipinski definition) is 3. The topological polar surface area (TPSA) is 58.6 Å². The first kappa shape index (κ1) is 25.0. The van der Waals surface area contributed by atoms with Gasteiger partial charge in [-0.2, -0.15) is 0 Å². The molecule has 168 valence electrons. The van der Waals surface area contributed by atoms with Gasteiger partial charge in [-0.05, 0) is 55.2 Å². The van der Waals surface area contributed by atoms with Crippen LogP contribution < -0.4 is 10.1 Å². The first-order valence-electron chi connectivity index (χ1n) is 10.6. The highest BCUT2D eigenvalue weighted by atomic mass is 35.5. The first-order chi connectivity index (χ1) is 14.8. The number of carbonyl (C=O) groups is 2. The normalized spacial score (nSPS) is 11.6. The van der Waals surface area contributed by atoms with Crippen molar-refractivity contribution >= 4 is 35.0 Å². The Hall–Kier alpha value is -2.24. The fourth-order valence-corrected chi connectivity index (χ4v) is 3.51. The van der Waals surface area contributed by atoms with E-state index in [9.17, 15) is 9.59 Å². The molecule has 0 aliphatic rings. The summed E-state index contributed by atoms with van der Waals surface area (Å²) in [4.78, 5) is 27.5. The van der Waals surface area contributed by atoms with Gasteiger partial charge in [-0.15, -0.1) is 0 Å². The van der Waals surface area contributed by atoms with E-state index in [1.54, 1.807) is 29.2 Å². The zero-order valence-electron chi connectivity index (χ0n) is 18.3. The molecule has 0 saturated heterocycles. The Balaban J connectivity index is 2.20. The van der Waals surface area contributed by atoms with Crippen molar-refractivity contribution in [3.05, 3.63) is 63.6 Å². The molecule has 0 fully saturated rings. The number of carbonyl (C=O) groups excluding carboxylic acids is 2. The zero-order valence-corrected chi connectivity index (χ0v) is 19.8. The van der Waals surface area contributed by atoms with Crippen LogP contribution in [0.25, 0.3) is 0 Å². The van der Waals surface area contributed by atoms with E-state index in [1.165, 1.54) is 0 Å². The molecular weight excluding hydrogens is 435 g/mol. The van der Waals surface area contributed by atoms with Crippen LogP contribution >= 0.6 is 23.2 Å². The van der Waals surface area contributed by atoms with Gasteiger partial charge in [0.25, 0.3) is 5.91 Å². The third-order valence-electron chi connectivity index (χ3n) is 4.90. The summed E-state index contributed by atoms with van der Waals surface area (Å²) in [6.45, 7) is 6.56. The van der Waals surface area contributed by atoms with E-state index in [-0.39, 0.29) is 25.0 Å². The van der Waals surface area contributed by atoms with Crippen LogP contribution in [-0.4, -0.2) is 35.9 Å². The summed E-state index contributed by atoms with van der Waals surface area (Å²) < 4.78 is 5.71. The van der Waals surface area contributed by atoms with E-state index >= 15 is 0 Å². The van der Waals surface area contributed by atoms with Crippen LogP contribution in [0.5, 0.6) is 5.75 Å². The lowest BCUT2D eigenvalue weighted by Crippen LogP contribution is -2.50. The summed E-state index contributed by atoms with van der Waals surface area (Å²) in [7, 11) is 0. The van der Waals surface area contributed by atoms with E-state index in [0.717, 1.165) is 24.0 Å². The zero-order chi connectivity index (χ0) is 22.8. The molecule has 0 saturated carbocycles. The lowest BCUT2D eigenvalue weighted by molar-refractivity contribution is -0.143. The molecule has 0 unspecified atom stereocenters. The molecule has 0 aliphatic carbocycles. The average Bonchev–Trinajstić information content (AvgIpc) is 2.74. The molecule has 1 atom stereocenters. The van der Waals surface area contributed by atoms with Crippen molar-refractivity contribution in [3.8, 4) is 5.75 Å². The predicted molar refractivity (Wildman–Crippen MR) is 126 cm³/mol. The molecule has 5 nitrogen and oxygen atoms in total. The van der Waals surface area contributed by atoms with Gasteiger partial charge in [0.05, 0.1) is 10.0 Å². The Morgan fingerprint density at radius 2 is 1.87 bits per heavy atom. The maximum absolute atomic E-state index is 13.2. The Kier molecular flexibility index (Phi) is 10.2. The molecule has 0 radical (unpaired) electrons. The Labute approximate surface area is 194 Å². The van der Waals surface area contributed by atoms with Crippen molar-refractivity contribution in [2.24, 2.45) is 0 Å². The number of benzene rings is 2. The van der Waals surface area contributed by atoms with Crippen LogP contribution in [0.1, 0.15) is 44.2 Å². The van der Waals surface area contributed by atoms with E-state index < -0.39 is 6.04 Å². The van der Waals surface area contributed by atoms with Gasteiger partial charge in [0.15, 0.2) is 6.61 Å². The van der Waals surface area contributed by atoms with Gasteiger partial charge < -0.3 is 15.0 Å². The number of nitrogens with one attached hydrogen (secondary N) is 1. The molecule has 1 N–H and O–H groups in total. The van der Waals surface area contributed by atoms with Gasteiger partial charge in [0.2, 0.25) is 5.91 Å². The monoisotopic (exact) mass is 464 g/mol. The number of halogens is 2. The van der Waals surface area contributed by atoms with Crippen LogP contribution in [0.3, 0.4) is 0 Å². The first-order valence-corrected chi connectivity index (χ1v) is 11.3. The van der Waals surface area contributed by atoms with Crippen molar-refractivity contribution in [2.75, 3.05) is 13.2 Å². The van der Waals surface area contributed by atoms with Crippen LogP contribution in [0.15, 0.2) is 42.5 Å². The summed E-state index contributed by atoms with van der Waals surface area (Å²) in [5.74, 6) is 0.174. The molecule has 2 amide bonds. The molecule has 2 aromatic carbocycles. The van der Waals surface area contributed by atoms with Gasteiger partial charge in [-0.1, -0.05) is 61.7 Å². The maximum atomic E-state index is 13.2. The van der Waals surface area contributed by atoms with Crippen LogP contribution in [0.2, 0.25) is 10.0 Å². The highest BCUT2D eigenvalue weighted by Crippen LogP contribution is 2.24. The molecule has 31 heavy (non-hydrogen) atoms. The lowest BCUT2D eigenvalue weighted by atomic mass is 10.1. The maximum Gasteiger partial charge on any atom is 0.261 e. The van der Waals surface area contributed by atoms with E-state index in [1.807, 2.05) is 32.0 Å². The molecule has 0 spiro atoms.